The van der Waals surface area contributed by atoms with Gasteiger partial charge in [-0.1, -0.05) is 0 Å². The van der Waals surface area contributed by atoms with Crippen LogP contribution in [-0.4, -0.2) is 65.8 Å². The van der Waals surface area contributed by atoms with Crippen molar-refractivity contribution in [2.24, 2.45) is 29.4 Å². The number of methoxy groups -OCH3 is 1. The van der Waals surface area contributed by atoms with Gasteiger partial charge in [0, 0.05) is 36.7 Å². The first kappa shape index (κ1) is 30.1. The van der Waals surface area contributed by atoms with E-state index in [0.29, 0.717) is 36.7 Å². The Morgan fingerprint density at radius 2 is 1.81 bits per heavy atom. The predicted molar refractivity (Wildman–Crippen MR) is 161 cm³/mol. The number of benzene rings is 1. The summed E-state index contributed by atoms with van der Waals surface area (Å²) >= 11 is 0. The third-order valence-electron chi connectivity index (χ3n) is 10.7. The number of likely N-dealkylation sites (tertiary alicyclic amines) is 1. The van der Waals surface area contributed by atoms with Crippen LogP contribution in [0.4, 0.5) is 10.1 Å². The highest BCUT2D eigenvalue weighted by molar-refractivity contribution is 6.02. The van der Waals surface area contributed by atoms with E-state index in [4.69, 9.17) is 15.2 Å². The minimum atomic E-state index is -0.783. The number of alkyl halides is 1. The van der Waals surface area contributed by atoms with Gasteiger partial charge in [0.1, 0.15) is 18.4 Å². The number of nitrogens with zero attached hydrogens (tertiary/aromatic N) is 2. The molecule has 3 N–H and O–H groups in total. The van der Waals surface area contributed by atoms with Crippen molar-refractivity contribution in [1.82, 2.24) is 9.47 Å². The molecule has 2 amide bonds. The van der Waals surface area contributed by atoms with Gasteiger partial charge in [0.25, 0.3) is 0 Å². The third-order valence-corrected chi connectivity index (χ3v) is 10.7. The molecule has 6 rings (SSSR count). The minimum Gasteiger partial charge on any atom is -0.434 e. The van der Waals surface area contributed by atoms with Crippen molar-refractivity contribution in [2.45, 2.75) is 95.5 Å². The molecule has 0 bridgehead atoms. The number of amides is 2. The molecular formula is C33H45FN4O5. The molecule has 9 nitrogen and oxygen atoms in total. The van der Waals surface area contributed by atoms with Gasteiger partial charge < -0.3 is 25.4 Å². The van der Waals surface area contributed by atoms with Crippen LogP contribution >= 0.6 is 0 Å². The summed E-state index contributed by atoms with van der Waals surface area (Å²) < 4.78 is 26.2. The number of anilines is 1. The van der Waals surface area contributed by atoms with Gasteiger partial charge in [0.15, 0.2) is 5.72 Å². The second-order valence-electron chi connectivity index (χ2n) is 13.6. The van der Waals surface area contributed by atoms with Crippen LogP contribution in [-0.2, 0) is 24.8 Å². The Bertz CT molecular complexity index is 1370. The standard InChI is InChI=1S/C33H45FN4O5/c1-33(2)38-27-13-10-23(16-22(27)17-28(38)32(41)43-33)36-30(39)29-25(19-8-11-24(42-3)12-9-19)14-15-37(29)31(40)21-6-4-20(5-7-21)26(35)18-34/h10,13,16-17,19-21,24-26,29H,4-9,11-12,14-15,18,35H2,1-3H3,(H,36,39)/t19?,20?,21?,24?,25-,26+,29-/m0/s1. The Labute approximate surface area is 252 Å². The SMILES string of the molecule is COC1CCC([C@@H]2CCN(C(=O)C3CCC([C@H](N)CF)CC3)[C@@H]2C(=O)Nc2ccc3c(c2)cc2n3C(C)(C)OC2=O)CC1. The molecule has 0 unspecified atom stereocenters. The quantitative estimate of drug-likeness (QED) is 0.436. The third kappa shape index (κ3) is 5.57. The van der Waals surface area contributed by atoms with E-state index in [2.05, 4.69) is 5.32 Å². The van der Waals surface area contributed by atoms with Crippen LogP contribution in [0.25, 0.3) is 10.9 Å². The van der Waals surface area contributed by atoms with Crippen molar-refractivity contribution in [2.75, 3.05) is 25.6 Å². The predicted octanol–water partition coefficient (Wildman–Crippen LogP) is 4.97. The molecule has 1 saturated heterocycles. The maximum atomic E-state index is 14.1. The van der Waals surface area contributed by atoms with E-state index in [-0.39, 0.29) is 41.6 Å². The van der Waals surface area contributed by atoms with Crippen LogP contribution in [0.3, 0.4) is 0 Å². The van der Waals surface area contributed by atoms with Gasteiger partial charge >= 0.3 is 5.97 Å². The molecule has 2 aliphatic heterocycles. The second kappa shape index (κ2) is 11.8. The molecule has 3 fully saturated rings. The van der Waals surface area contributed by atoms with E-state index in [1.54, 1.807) is 13.2 Å². The summed E-state index contributed by atoms with van der Waals surface area (Å²) in [4.78, 5) is 42.4. The van der Waals surface area contributed by atoms with Crippen LogP contribution in [0.2, 0.25) is 0 Å². The fourth-order valence-electron chi connectivity index (χ4n) is 8.36. The number of nitrogens with one attached hydrogen (secondary N) is 1. The molecule has 43 heavy (non-hydrogen) atoms. The van der Waals surface area contributed by atoms with Crippen molar-refractivity contribution in [3.63, 3.8) is 0 Å². The Morgan fingerprint density at radius 3 is 2.49 bits per heavy atom. The Kier molecular flexibility index (Phi) is 8.28. The number of esters is 1. The summed E-state index contributed by atoms with van der Waals surface area (Å²) in [6.45, 7) is 3.73. The van der Waals surface area contributed by atoms with E-state index < -0.39 is 24.5 Å². The average molecular weight is 597 g/mol. The maximum absolute atomic E-state index is 14.1. The normalized spacial score (nSPS) is 31.1. The number of nitrogens with two attached hydrogens (primary N) is 1. The number of rotatable bonds is 7. The van der Waals surface area contributed by atoms with E-state index in [1.807, 2.05) is 41.5 Å². The van der Waals surface area contributed by atoms with E-state index in [9.17, 15) is 18.8 Å². The number of carbonyl (C=O) groups excluding carboxylic acids is 3. The topological polar surface area (TPSA) is 116 Å². The van der Waals surface area contributed by atoms with Crippen molar-refractivity contribution >= 4 is 34.4 Å². The van der Waals surface area contributed by atoms with Crippen LogP contribution in [0.5, 0.6) is 0 Å². The molecule has 2 aliphatic carbocycles. The van der Waals surface area contributed by atoms with E-state index in [0.717, 1.165) is 55.8 Å². The Balaban J connectivity index is 1.22. The lowest BCUT2D eigenvalue weighted by Gasteiger charge is -2.37. The van der Waals surface area contributed by atoms with Gasteiger partial charge in [0.05, 0.1) is 11.6 Å². The fourth-order valence-corrected chi connectivity index (χ4v) is 8.36. The summed E-state index contributed by atoms with van der Waals surface area (Å²) in [6, 6.07) is 6.42. The number of fused-ring (bicyclic) bond motifs is 3. The molecule has 0 radical (unpaired) electrons. The van der Waals surface area contributed by atoms with Crippen LogP contribution in [0.1, 0.15) is 82.1 Å². The second-order valence-corrected chi connectivity index (χ2v) is 13.6. The Morgan fingerprint density at radius 1 is 1.09 bits per heavy atom. The molecule has 4 aliphatic rings. The van der Waals surface area contributed by atoms with Gasteiger partial charge in [-0.15, -0.1) is 0 Å². The first-order valence-electron chi connectivity index (χ1n) is 16.0. The number of hydrogen-bond acceptors (Lipinski definition) is 6. The number of halogens is 1. The number of cyclic esters (lactones) is 1. The smallest absolute Gasteiger partial charge is 0.357 e. The van der Waals surface area contributed by atoms with Crippen molar-refractivity contribution in [3.8, 4) is 0 Å². The average Bonchev–Trinajstić information content (AvgIpc) is 3.68. The summed E-state index contributed by atoms with van der Waals surface area (Å²) in [5, 5.41) is 3.98. The lowest BCUT2D eigenvalue weighted by Crippen LogP contribution is -2.50. The summed E-state index contributed by atoms with van der Waals surface area (Å²) in [5.74, 6) is -0.111. The monoisotopic (exact) mass is 596 g/mol. The molecule has 1 aromatic carbocycles. The number of carbonyl (C=O) groups is 3. The lowest BCUT2D eigenvalue weighted by molar-refractivity contribution is -0.142. The molecule has 3 atom stereocenters. The van der Waals surface area contributed by atoms with Gasteiger partial charge in [-0.2, -0.15) is 0 Å². The number of ether oxygens (including phenoxy) is 2. The number of aromatic nitrogens is 1. The maximum Gasteiger partial charge on any atom is 0.357 e. The first-order valence-corrected chi connectivity index (χ1v) is 16.0. The minimum absolute atomic E-state index is 0.0422. The molecule has 2 saturated carbocycles. The van der Waals surface area contributed by atoms with Crippen molar-refractivity contribution in [1.29, 1.82) is 0 Å². The zero-order chi connectivity index (χ0) is 30.5. The van der Waals surface area contributed by atoms with E-state index >= 15 is 0 Å². The lowest BCUT2D eigenvalue weighted by atomic mass is 9.75. The van der Waals surface area contributed by atoms with Gasteiger partial charge in [0.2, 0.25) is 11.8 Å². The van der Waals surface area contributed by atoms with E-state index in [1.165, 1.54) is 0 Å². The molecule has 0 spiro atoms. The number of hydrogen-bond donors (Lipinski definition) is 2. The zero-order valence-electron chi connectivity index (χ0n) is 25.5. The molecule has 2 aromatic rings. The molecule has 1 aromatic heterocycles. The Hall–Kier alpha value is -2.98. The van der Waals surface area contributed by atoms with Crippen molar-refractivity contribution in [3.05, 3.63) is 30.0 Å². The summed E-state index contributed by atoms with van der Waals surface area (Å²) in [5.41, 5.74) is 7.17. The van der Waals surface area contributed by atoms with Crippen LogP contribution < -0.4 is 11.1 Å². The fraction of sp³-hybridized carbons (Fsp3) is 0.667. The van der Waals surface area contributed by atoms with Gasteiger partial charge in [-0.25, -0.2) is 9.18 Å². The van der Waals surface area contributed by atoms with Gasteiger partial charge in [-0.05, 0) is 114 Å². The zero-order valence-corrected chi connectivity index (χ0v) is 25.5. The highest BCUT2D eigenvalue weighted by Gasteiger charge is 2.47. The van der Waals surface area contributed by atoms with Crippen LogP contribution in [0.15, 0.2) is 24.3 Å². The molecular weight excluding hydrogens is 551 g/mol. The van der Waals surface area contributed by atoms with Crippen LogP contribution in [0, 0.1) is 23.7 Å². The highest BCUT2D eigenvalue weighted by Crippen LogP contribution is 2.42. The molecule has 3 heterocycles. The summed E-state index contributed by atoms with van der Waals surface area (Å²) in [6.07, 6.45) is 7.79. The molecule has 10 heteroatoms. The van der Waals surface area contributed by atoms with Gasteiger partial charge in [-0.3, -0.25) is 14.2 Å². The summed E-state index contributed by atoms with van der Waals surface area (Å²) in [7, 11) is 1.76. The first-order chi connectivity index (χ1) is 20.6. The molecule has 234 valence electrons. The van der Waals surface area contributed by atoms with Crippen molar-refractivity contribution < 1.29 is 28.2 Å². The largest absolute Gasteiger partial charge is 0.434 e. The highest BCUT2D eigenvalue weighted by atomic mass is 19.1.